The number of nitrogens with one attached hydrogen (secondary N) is 2. The molecule has 0 unspecified atom stereocenters. The van der Waals surface area contributed by atoms with Crippen LogP contribution in [0, 0.1) is 11.6 Å². The van der Waals surface area contributed by atoms with Crippen LogP contribution in [-0.4, -0.2) is 18.4 Å². The average Bonchev–Trinajstić information content (AvgIpc) is 2.55. The van der Waals surface area contributed by atoms with E-state index < -0.39 is 23.4 Å². The predicted molar refractivity (Wildman–Crippen MR) is 92.5 cm³/mol. The molecule has 2 N–H and O–H groups in total. The van der Waals surface area contributed by atoms with Crippen LogP contribution in [0.4, 0.5) is 14.5 Å². The largest absolute Gasteiger partial charge is 0.343 e. The number of amides is 2. The molecule has 0 aromatic heterocycles. The van der Waals surface area contributed by atoms with E-state index in [1.807, 2.05) is 12.1 Å². The van der Waals surface area contributed by atoms with Gasteiger partial charge in [-0.15, -0.1) is 0 Å². The fourth-order valence-electron chi connectivity index (χ4n) is 2.16. The molecule has 132 valence electrons. The summed E-state index contributed by atoms with van der Waals surface area (Å²) >= 11 is 0. The third-order valence-corrected chi connectivity index (χ3v) is 3.63. The Balaban J connectivity index is 1.90. The quantitative estimate of drug-likeness (QED) is 0.888. The predicted octanol–water partition coefficient (Wildman–Crippen LogP) is 3.63. The molecule has 0 aliphatic heterocycles. The maximum absolute atomic E-state index is 13.1. The number of benzene rings is 2. The minimum atomic E-state index is -1.11. The maximum Gasteiger partial charge on any atom is 0.251 e. The molecule has 4 nitrogen and oxygen atoms in total. The molecule has 2 amide bonds. The van der Waals surface area contributed by atoms with E-state index in [0.717, 1.165) is 23.8 Å². The second-order valence-electron chi connectivity index (χ2n) is 6.69. The van der Waals surface area contributed by atoms with Crippen molar-refractivity contribution in [3.05, 3.63) is 65.2 Å². The highest BCUT2D eigenvalue weighted by molar-refractivity contribution is 5.99. The van der Waals surface area contributed by atoms with Crippen molar-refractivity contribution in [2.24, 2.45) is 0 Å². The number of carbonyl (C=O) groups excluding carboxylic acids is 2. The monoisotopic (exact) mass is 346 g/mol. The normalized spacial score (nSPS) is 11.1. The third-order valence-electron chi connectivity index (χ3n) is 3.63. The zero-order valence-electron chi connectivity index (χ0n) is 14.3. The molecule has 0 fully saturated rings. The van der Waals surface area contributed by atoms with Crippen LogP contribution in [0.5, 0.6) is 0 Å². The Kier molecular flexibility index (Phi) is 5.51. The molecule has 0 bridgehead atoms. The van der Waals surface area contributed by atoms with Crippen molar-refractivity contribution >= 4 is 17.5 Å². The van der Waals surface area contributed by atoms with Crippen LogP contribution in [0.2, 0.25) is 0 Å². The second kappa shape index (κ2) is 7.42. The molecule has 0 radical (unpaired) electrons. The summed E-state index contributed by atoms with van der Waals surface area (Å²) in [4.78, 5) is 23.7. The summed E-state index contributed by atoms with van der Waals surface area (Å²) in [7, 11) is 0. The molecule has 2 rings (SSSR count). The molecular weight excluding hydrogens is 326 g/mol. The molecule has 0 aliphatic carbocycles. The highest BCUT2D eigenvalue weighted by atomic mass is 19.2. The summed E-state index contributed by atoms with van der Waals surface area (Å²) in [5.41, 5.74) is 1.71. The van der Waals surface area contributed by atoms with Gasteiger partial charge in [0.05, 0.1) is 6.54 Å². The Morgan fingerprint density at radius 3 is 2.16 bits per heavy atom. The van der Waals surface area contributed by atoms with E-state index in [1.54, 1.807) is 12.1 Å². The van der Waals surface area contributed by atoms with Gasteiger partial charge in [-0.1, -0.05) is 32.9 Å². The van der Waals surface area contributed by atoms with Crippen molar-refractivity contribution in [3.8, 4) is 0 Å². The first-order valence-electron chi connectivity index (χ1n) is 7.80. The number of rotatable bonds is 4. The zero-order chi connectivity index (χ0) is 18.6. The van der Waals surface area contributed by atoms with Crippen LogP contribution in [0.25, 0.3) is 0 Å². The number of carbonyl (C=O) groups is 2. The summed E-state index contributed by atoms with van der Waals surface area (Å²) < 4.78 is 26.0. The Morgan fingerprint density at radius 1 is 0.960 bits per heavy atom. The summed E-state index contributed by atoms with van der Waals surface area (Å²) in [5.74, 6) is -3.22. The number of halogens is 2. The summed E-state index contributed by atoms with van der Waals surface area (Å²) in [5, 5.41) is 5.02. The van der Waals surface area contributed by atoms with Crippen LogP contribution < -0.4 is 10.6 Å². The smallest absolute Gasteiger partial charge is 0.251 e. The second-order valence-corrected chi connectivity index (χ2v) is 6.69. The van der Waals surface area contributed by atoms with E-state index in [2.05, 4.69) is 31.4 Å². The first kappa shape index (κ1) is 18.6. The molecule has 6 heteroatoms. The van der Waals surface area contributed by atoms with Crippen molar-refractivity contribution in [1.29, 1.82) is 0 Å². The Hall–Kier alpha value is -2.76. The Labute approximate surface area is 145 Å². The molecule has 0 saturated carbocycles. The van der Waals surface area contributed by atoms with Gasteiger partial charge in [0.1, 0.15) is 0 Å². The van der Waals surface area contributed by atoms with Crippen LogP contribution >= 0.6 is 0 Å². The third kappa shape index (κ3) is 5.11. The van der Waals surface area contributed by atoms with Crippen molar-refractivity contribution in [2.45, 2.75) is 26.2 Å². The highest BCUT2D eigenvalue weighted by Gasteiger charge is 2.14. The Morgan fingerprint density at radius 2 is 1.60 bits per heavy atom. The molecule has 0 atom stereocenters. The van der Waals surface area contributed by atoms with E-state index in [1.165, 1.54) is 0 Å². The standard InChI is InChI=1S/C19H20F2N2O2/c1-19(2,3)13-5-7-14(8-6-13)23-17(24)11-22-18(25)12-4-9-15(20)16(21)10-12/h4-10H,11H2,1-3H3,(H,22,25)(H,23,24). The average molecular weight is 346 g/mol. The lowest BCUT2D eigenvalue weighted by Crippen LogP contribution is -2.32. The van der Waals surface area contributed by atoms with Gasteiger partial charge < -0.3 is 10.6 Å². The van der Waals surface area contributed by atoms with Gasteiger partial charge in [-0.25, -0.2) is 8.78 Å². The lowest BCUT2D eigenvalue weighted by Gasteiger charge is -2.19. The van der Waals surface area contributed by atoms with E-state index >= 15 is 0 Å². The van der Waals surface area contributed by atoms with Gasteiger partial charge in [0, 0.05) is 11.3 Å². The van der Waals surface area contributed by atoms with Crippen LogP contribution in [0.1, 0.15) is 36.7 Å². The van der Waals surface area contributed by atoms with Gasteiger partial charge in [-0.3, -0.25) is 9.59 Å². The SMILES string of the molecule is CC(C)(C)c1ccc(NC(=O)CNC(=O)c2ccc(F)c(F)c2)cc1. The van der Waals surface area contributed by atoms with Crippen molar-refractivity contribution in [2.75, 3.05) is 11.9 Å². The first-order valence-corrected chi connectivity index (χ1v) is 7.80. The summed E-state index contributed by atoms with van der Waals surface area (Å²) in [6.45, 7) is 6.00. The summed E-state index contributed by atoms with van der Waals surface area (Å²) in [6.07, 6.45) is 0. The Bertz CT molecular complexity index is 781. The fourth-order valence-corrected chi connectivity index (χ4v) is 2.16. The van der Waals surface area contributed by atoms with Gasteiger partial charge >= 0.3 is 0 Å². The van der Waals surface area contributed by atoms with Gasteiger partial charge in [0.25, 0.3) is 5.91 Å². The molecule has 0 saturated heterocycles. The van der Waals surface area contributed by atoms with E-state index in [0.29, 0.717) is 5.69 Å². The number of hydrogen-bond acceptors (Lipinski definition) is 2. The van der Waals surface area contributed by atoms with E-state index in [-0.39, 0.29) is 17.5 Å². The van der Waals surface area contributed by atoms with Gasteiger partial charge in [-0.05, 0) is 41.3 Å². The lowest BCUT2D eigenvalue weighted by atomic mass is 9.87. The fraction of sp³-hybridized carbons (Fsp3) is 0.263. The number of hydrogen-bond donors (Lipinski definition) is 2. The summed E-state index contributed by atoms with van der Waals surface area (Å²) in [6, 6.07) is 10.2. The van der Waals surface area contributed by atoms with E-state index in [9.17, 15) is 18.4 Å². The number of anilines is 1. The van der Waals surface area contributed by atoms with Gasteiger partial charge in [0.15, 0.2) is 11.6 Å². The maximum atomic E-state index is 13.1. The van der Waals surface area contributed by atoms with Crippen molar-refractivity contribution < 1.29 is 18.4 Å². The molecule has 2 aromatic rings. The van der Waals surface area contributed by atoms with Crippen molar-refractivity contribution in [1.82, 2.24) is 5.32 Å². The van der Waals surface area contributed by atoms with Gasteiger partial charge in [-0.2, -0.15) is 0 Å². The van der Waals surface area contributed by atoms with Crippen LogP contribution in [0.3, 0.4) is 0 Å². The molecule has 0 aliphatic rings. The van der Waals surface area contributed by atoms with E-state index in [4.69, 9.17) is 0 Å². The molecule has 25 heavy (non-hydrogen) atoms. The zero-order valence-corrected chi connectivity index (χ0v) is 14.3. The van der Waals surface area contributed by atoms with Crippen molar-refractivity contribution in [3.63, 3.8) is 0 Å². The topological polar surface area (TPSA) is 58.2 Å². The van der Waals surface area contributed by atoms with Crippen LogP contribution in [0.15, 0.2) is 42.5 Å². The first-order chi connectivity index (χ1) is 11.7. The highest BCUT2D eigenvalue weighted by Crippen LogP contribution is 2.23. The molecule has 0 spiro atoms. The minimum absolute atomic E-state index is 0.0148. The molecular formula is C19H20F2N2O2. The lowest BCUT2D eigenvalue weighted by molar-refractivity contribution is -0.115. The molecule has 2 aromatic carbocycles. The minimum Gasteiger partial charge on any atom is -0.343 e. The molecule has 0 heterocycles. The van der Waals surface area contributed by atoms with Gasteiger partial charge in [0.2, 0.25) is 5.91 Å². The van der Waals surface area contributed by atoms with Crippen LogP contribution in [-0.2, 0) is 10.2 Å².